The molecule has 19 heavy (non-hydrogen) atoms. The molecule has 1 aromatic heterocycles. The van der Waals surface area contributed by atoms with Gasteiger partial charge in [0, 0.05) is 17.1 Å². The van der Waals surface area contributed by atoms with Crippen LogP contribution >= 0.6 is 11.6 Å². The van der Waals surface area contributed by atoms with Crippen molar-refractivity contribution in [3.63, 3.8) is 0 Å². The van der Waals surface area contributed by atoms with Gasteiger partial charge in [-0.05, 0) is 29.3 Å². The van der Waals surface area contributed by atoms with Gasteiger partial charge < -0.3 is 0 Å². The Morgan fingerprint density at radius 3 is 2.05 bits per heavy atom. The van der Waals surface area contributed by atoms with Crippen LogP contribution in [0.2, 0.25) is 5.02 Å². The zero-order chi connectivity index (χ0) is 14.0. The maximum absolute atomic E-state index is 12.4. The molecule has 0 bridgehead atoms. The number of rotatable bonds is 2. The van der Waals surface area contributed by atoms with Gasteiger partial charge in [-0.15, -0.1) is 0 Å². The molecule has 100 valence electrons. The highest BCUT2D eigenvalue weighted by Gasteiger charge is 2.32. The molecule has 2 rings (SSSR count). The van der Waals surface area contributed by atoms with E-state index in [1.807, 2.05) is 19.1 Å². The van der Waals surface area contributed by atoms with E-state index < -0.39 is 11.9 Å². The van der Waals surface area contributed by atoms with Gasteiger partial charge in [0.2, 0.25) is 0 Å². The third-order valence-electron chi connectivity index (χ3n) is 2.95. The van der Waals surface area contributed by atoms with Crippen molar-refractivity contribution in [2.45, 2.75) is 19.0 Å². The van der Waals surface area contributed by atoms with Crippen LogP contribution in [0.15, 0.2) is 42.6 Å². The molecule has 0 fully saturated rings. The molecule has 1 unspecified atom stereocenters. The fraction of sp³-hybridized carbons (Fsp3) is 0.214. The molecule has 0 aliphatic heterocycles. The lowest BCUT2D eigenvalue weighted by Gasteiger charge is -2.13. The highest BCUT2D eigenvalue weighted by Crippen LogP contribution is 2.30. The van der Waals surface area contributed by atoms with Crippen LogP contribution < -0.4 is 0 Å². The van der Waals surface area contributed by atoms with Crippen LogP contribution in [0.3, 0.4) is 0 Å². The van der Waals surface area contributed by atoms with Crippen LogP contribution in [0.5, 0.6) is 0 Å². The number of hydrogen-bond donors (Lipinski definition) is 0. The Hall–Kier alpha value is -1.55. The minimum atomic E-state index is -4.40. The number of pyridine rings is 1. The summed E-state index contributed by atoms with van der Waals surface area (Å²) in [7, 11) is 0. The van der Waals surface area contributed by atoms with Gasteiger partial charge in [-0.2, -0.15) is 13.2 Å². The van der Waals surface area contributed by atoms with E-state index in [2.05, 4.69) is 4.98 Å². The summed E-state index contributed by atoms with van der Waals surface area (Å²) in [5.41, 5.74) is 0.834. The molecule has 1 nitrogen and oxygen atoms in total. The summed E-state index contributed by atoms with van der Waals surface area (Å²) < 4.78 is 37.2. The van der Waals surface area contributed by atoms with Gasteiger partial charge in [-0.3, -0.25) is 4.98 Å². The average molecular weight is 286 g/mol. The molecule has 5 heteroatoms. The molecule has 1 atom stereocenters. The lowest BCUT2D eigenvalue weighted by molar-refractivity contribution is -0.141. The molecule has 0 aliphatic carbocycles. The van der Waals surface area contributed by atoms with Crippen molar-refractivity contribution < 1.29 is 13.2 Å². The lowest BCUT2D eigenvalue weighted by Crippen LogP contribution is -2.08. The molecular weight excluding hydrogens is 275 g/mol. The monoisotopic (exact) mass is 285 g/mol. The molecule has 0 saturated heterocycles. The minimum Gasteiger partial charge on any atom is -0.251 e. The van der Waals surface area contributed by atoms with E-state index in [1.165, 1.54) is 12.3 Å². The predicted molar refractivity (Wildman–Crippen MR) is 68.2 cm³/mol. The second-order valence-electron chi connectivity index (χ2n) is 4.25. The molecule has 0 amide bonds. The van der Waals surface area contributed by atoms with Crippen molar-refractivity contribution in [3.05, 3.63) is 64.4 Å². The van der Waals surface area contributed by atoms with E-state index in [9.17, 15) is 13.2 Å². The largest absolute Gasteiger partial charge is 0.433 e. The number of alkyl halides is 3. The van der Waals surface area contributed by atoms with E-state index in [-0.39, 0.29) is 5.92 Å². The second kappa shape index (κ2) is 5.21. The summed E-state index contributed by atoms with van der Waals surface area (Å²) in [6.45, 7) is 1.91. The third kappa shape index (κ3) is 3.26. The maximum atomic E-state index is 12.4. The molecule has 0 spiro atoms. The van der Waals surface area contributed by atoms with Crippen LogP contribution in [0.25, 0.3) is 0 Å². The van der Waals surface area contributed by atoms with E-state index >= 15 is 0 Å². The van der Waals surface area contributed by atoms with Gasteiger partial charge in [0.05, 0.1) is 0 Å². The number of aromatic nitrogens is 1. The standard InChI is InChI=1S/C14H11ClF3N/c1-9(10-2-5-12(15)6-3-10)11-4-7-13(19-8-11)14(16,17)18/h2-9H,1H3. The summed E-state index contributed by atoms with van der Waals surface area (Å²) in [5, 5.41) is 0.626. The first-order valence-electron chi connectivity index (χ1n) is 5.66. The number of halogens is 4. The Labute approximate surface area is 114 Å². The lowest BCUT2D eigenvalue weighted by atomic mass is 9.94. The SMILES string of the molecule is CC(c1ccc(Cl)cc1)c1ccc(C(F)(F)F)nc1. The average Bonchev–Trinajstić information content (AvgIpc) is 2.38. The van der Waals surface area contributed by atoms with E-state index in [0.29, 0.717) is 5.02 Å². The van der Waals surface area contributed by atoms with Gasteiger partial charge in [0.15, 0.2) is 0 Å². The third-order valence-corrected chi connectivity index (χ3v) is 3.20. The first-order chi connectivity index (χ1) is 8.88. The first-order valence-corrected chi connectivity index (χ1v) is 6.04. The van der Waals surface area contributed by atoms with E-state index in [0.717, 1.165) is 17.2 Å². The van der Waals surface area contributed by atoms with Gasteiger partial charge in [-0.1, -0.05) is 36.7 Å². The van der Waals surface area contributed by atoms with Gasteiger partial charge in [0.1, 0.15) is 5.69 Å². The number of hydrogen-bond acceptors (Lipinski definition) is 1. The Bertz CT molecular complexity index is 546. The van der Waals surface area contributed by atoms with Gasteiger partial charge in [0.25, 0.3) is 0 Å². The van der Waals surface area contributed by atoms with Gasteiger partial charge in [-0.25, -0.2) is 0 Å². The maximum Gasteiger partial charge on any atom is 0.433 e. The van der Waals surface area contributed by atoms with E-state index in [4.69, 9.17) is 11.6 Å². The fourth-order valence-electron chi connectivity index (χ4n) is 1.77. The molecule has 0 N–H and O–H groups in total. The van der Waals surface area contributed by atoms with Crippen molar-refractivity contribution in [2.24, 2.45) is 0 Å². The Balaban J connectivity index is 2.25. The van der Waals surface area contributed by atoms with Crippen LogP contribution in [-0.2, 0) is 6.18 Å². The fourth-order valence-corrected chi connectivity index (χ4v) is 1.90. The Kier molecular flexibility index (Phi) is 3.80. The highest BCUT2D eigenvalue weighted by molar-refractivity contribution is 6.30. The zero-order valence-corrected chi connectivity index (χ0v) is 10.8. The molecule has 1 heterocycles. The topological polar surface area (TPSA) is 12.9 Å². The summed E-state index contributed by atoms with van der Waals surface area (Å²) in [5.74, 6) is -0.0351. The Morgan fingerprint density at radius 1 is 1.00 bits per heavy atom. The van der Waals surface area contributed by atoms with Crippen LogP contribution in [0.1, 0.15) is 29.7 Å². The van der Waals surface area contributed by atoms with Crippen LogP contribution in [-0.4, -0.2) is 4.98 Å². The predicted octanol–water partition coefficient (Wildman–Crippen LogP) is 4.91. The Morgan fingerprint density at radius 2 is 1.58 bits per heavy atom. The van der Waals surface area contributed by atoms with E-state index in [1.54, 1.807) is 12.1 Å². The molecule has 0 aliphatic rings. The number of nitrogens with zero attached hydrogens (tertiary/aromatic N) is 1. The quantitative estimate of drug-likeness (QED) is 0.764. The zero-order valence-electron chi connectivity index (χ0n) is 10.1. The molecule has 0 radical (unpaired) electrons. The van der Waals surface area contributed by atoms with Crippen molar-refractivity contribution in [1.82, 2.24) is 4.98 Å². The van der Waals surface area contributed by atoms with Crippen LogP contribution in [0, 0.1) is 0 Å². The summed E-state index contributed by atoms with van der Waals surface area (Å²) in [4.78, 5) is 3.46. The summed E-state index contributed by atoms with van der Waals surface area (Å²) in [6, 6.07) is 9.67. The molecule has 0 saturated carbocycles. The smallest absolute Gasteiger partial charge is 0.251 e. The molecular formula is C14H11ClF3N. The highest BCUT2D eigenvalue weighted by atomic mass is 35.5. The minimum absolute atomic E-state index is 0.0351. The van der Waals surface area contributed by atoms with Gasteiger partial charge >= 0.3 is 6.18 Å². The molecule has 2 aromatic rings. The second-order valence-corrected chi connectivity index (χ2v) is 4.68. The molecule has 1 aromatic carbocycles. The summed E-state index contributed by atoms with van der Waals surface area (Å²) >= 11 is 5.80. The van der Waals surface area contributed by atoms with Crippen molar-refractivity contribution in [3.8, 4) is 0 Å². The summed E-state index contributed by atoms with van der Waals surface area (Å²) in [6.07, 6.45) is -3.13. The van der Waals surface area contributed by atoms with Crippen LogP contribution in [0.4, 0.5) is 13.2 Å². The first kappa shape index (κ1) is 13.9. The van der Waals surface area contributed by atoms with Crippen molar-refractivity contribution in [1.29, 1.82) is 0 Å². The van der Waals surface area contributed by atoms with Crippen molar-refractivity contribution >= 4 is 11.6 Å². The number of benzene rings is 1. The normalized spacial score (nSPS) is 13.3. The van der Waals surface area contributed by atoms with Crippen molar-refractivity contribution in [2.75, 3.05) is 0 Å².